The number of ether oxygens (including phenoxy) is 1. The SMILES string of the molecule is CCCCN(C)C(=O)c1cc2sc(C)c(CN3CCOCC3)c2[nH]1. The molecule has 1 aliphatic heterocycles. The van der Waals surface area contributed by atoms with Crippen LogP contribution in [-0.4, -0.2) is 60.6 Å². The van der Waals surface area contributed by atoms with Crippen LogP contribution in [0, 0.1) is 6.92 Å². The smallest absolute Gasteiger partial charge is 0.270 e. The molecule has 1 saturated heterocycles. The Morgan fingerprint density at radius 1 is 1.42 bits per heavy atom. The maximum atomic E-state index is 12.6. The number of amides is 1. The standard InChI is InChI=1S/C18H27N3O2S/c1-4-5-6-20(3)18(22)15-11-16-17(19-15)14(13(2)24-16)12-21-7-9-23-10-8-21/h11,19H,4-10,12H2,1-3H3. The van der Waals surface area contributed by atoms with Crippen LogP contribution in [0.5, 0.6) is 0 Å². The molecular weight excluding hydrogens is 322 g/mol. The molecule has 0 aromatic carbocycles. The van der Waals surface area contributed by atoms with Crippen LogP contribution in [0.15, 0.2) is 6.07 Å². The van der Waals surface area contributed by atoms with Gasteiger partial charge in [-0.1, -0.05) is 13.3 Å². The average Bonchev–Trinajstić information content (AvgIpc) is 3.12. The lowest BCUT2D eigenvalue weighted by Crippen LogP contribution is -2.35. The van der Waals surface area contributed by atoms with Gasteiger partial charge in [-0.3, -0.25) is 9.69 Å². The van der Waals surface area contributed by atoms with Gasteiger partial charge in [0.25, 0.3) is 5.91 Å². The van der Waals surface area contributed by atoms with Gasteiger partial charge in [-0.25, -0.2) is 0 Å². The Hall–Kier alpha value is -1.37. The number of aromatic amines is 1. The summed E-state index contributed by atoms with van der Waals surface area (Å²) in [4.78, 5) is 21.5. The van der Waals surface area contributed by atoms with Crippen molar-refractivity contribution in [2.75, 3.05) is 39.9 Å². The van der Waals surface area contributed by atoms with E-state index < -0.39 is 0 Å². The van der Waals surface area contributed by atoms with Gasteiger partial charge in [0.2, 0.25) is 0 Å². The normalized spacial score (nSPS) is 16.0. The largest absolute Gasteiger partial charge is 0.379 e. The van der Waals surface area contributed by atoms with Crippen molar-refractivity contribution < 1.29 is 9.53 Å². The number of morpholine rings is 1. The van der Waals surface area contributed by atoms with E-state index in [4.69, 9.17) is 4.74 Å². The molecule has 2 aromatic heterocycles. The Balaban J connectivity index is 1.79. The lowest BCUT2D eigenvalue weighted by atomic mass is 10.2. The molecule has 0 saturated carbocycles. The number of aryl methyl sites for hydroxylation is 1. The molecule has 3 heterocycles. The Bertz CT molecular complexity index is 700. The molecule has 5 nitrogen and oxygen atoms in total. The van der Waals surface area contributed by atoms with Crippen LogP contribution in [0.25, 0.3) is 10.2 Å². The molecule has 0 atom stereocenters. The number of carbonyl (C=O) groups excluding carboxylic acids is 1. The summed E-state index contributed by atoms with van der Waals surface area (Å²) in [7, 11) is 1.88. The highest BCUT2D eigenvalue weighted by Gasteiger charge is 2.20. The molecule has 0 aliphatic carbocycles. The predicted octanol–water partition coefficient (Wildman–Crippen LogP) is 3.24. The van der Waals surface area contributed by atoms with Gasteiger partial charge in [0.1, 0.15) is 5.69 Å². The van der Waals surface area contributed by atoms with E-state index in [2.05, 4.69) is 23.7 Å². The van der Waals surface area contributed by atoms with E-state index in [0.717, 1.165) is 57.8 Å². The van der Waals surface area contributed by atoms with Crippen LogP contribution in [0.1, 0.15) is 40.7 Å². The van der Waals surface area contributed by atoms with E-state index in [9.17, 15) is 4.79 Å². The molecule has 1 N–H and O–H groups in total. The van der Waals surface area contributed by atoms with E-state index in [1.54, 1.807) is 11.3 Å². The van der Waals surface area contributed by atoms with E-state index in [-0.39, 0.29) is 5.91 Å². The number of rotatable bonds is 6. The second kappa shape index (κ2) is 7.68. The molecule has 132 valence electrons. The van der Waals surface area contributed by atoms with Gasteiger partial charge in [0.15, 0.2) is 0 Å². The number of hydrogen-bond donors (Lipinski definition) is 1. The highest BCUT2D eigenvalue weighted by molar-refractivity contribution is 7.19. The first-order chi connectivity index (χ1) is 11.6. The van der Waals surface area contributed by atoms with Crippen molar-refractivity contribution >= 4 is 27.5 Å². The van der Waals surface area contributed by atoms with Crippen molar-refractivity contribution in [3.05, 3.63) is 22.2 Å². The first-order valence-corrected chi connectivity index (χ1v) is 9.58. The fraction of sp³-hybridized carbons (Fsp3) is 0.611. The Morgan fingerprint density at radius 3 is 2.88 bits per heavy atom. The maximum Gasteiger partial charge on any atom is 0.270 e. The fourth-order valence-electron chi connectivity index (χ4n) is 3.13. The van der Waals surface area contributed by atoms with Crippen LogP contribution in [0.3, 0.4) is 0 Å². The summed E-state index contributed by atoms with van der Waals surface area (Å²) < 4.78 is 6.62. The third-order valence-electron chi connectivity index (χ3n) is 4.68. The van der Waals surface area contributed by atoms with Crippen LogP contribution < -0.4 is 0 Å². The van der Waals surface area contributed by atoms with Crippen molar-refractivity contribution in [1.29, 1.82) is 0 Å². The molecule has 0 bridgehead atoms. The topological polar surface area (TPSA) is 48.6 Å². The fourth-order valence-corrected chi connectivity index (χ4v) is 4.21. The number of aromatic nitrogens is 1. The quantitative estimate of drug-likeness (QED) is 0.871. The Labute approximate surface area is 147 Å². The van der Waals surface area contributed by atoms with Crippen molar-refractivity contribution in [2.45, 2.75) is 33.2 Å². The molecule has 1 amide bonds. The molecule has 0 unspecified atom stereocenters. The first kappa shape index (κ1) is 17.5. The Kier molecular flexibility index (Phi) is 5.58. The summed E-state index contributed by atoms with van der Waals surface area (Å²) in [6.45, 7) is 9.61. The predicted molar refractivity (Wildman–Crippen MR) is 98.9 cm³/mol. The molecule has 24 heavy (non-hydrogen) atoms. The van der Waals surface area contributed by atoms with E-state index >= 15 is 0 Å². The van der Waals surface area contributed by atoms with Crippen molar-refractivity contribution in [3.8, 4) is 0 Å². The van der Waals surface area contributed by atoms with Crippen LogP contribution in [-0.2, 0) is 11.3 Å². The van der Waals surface area contributed by atoms with E-state index in [1.807, 2.05) is 18.0 Å². The number of fused-ring (bicyclic) bond motifs is 1. The summed E-state index contributed by atoms with van der Waals surface area (Å²) in [6.07, 6.45) is 2.14. The summed E-state index contributed by atoms with van der Waals surface area (Å²) in [5.74, 6) is 0.0850. The first-order valence-electron chi connectivity index (χ1n) is 8.76. The number of hydrogen-bond acceptors (Lipinski definition) is 4. The second-order valence-corrected chi connectivity index (χ2v) is 7.78. The zero-order valence-corrected chi connectivity index (χ0v) is 15.7. The maximum absolute atomic E-state index is 12.6. The van der Waals surface area contributed by atoms with Gasteiger partial charge in [-0.05, 0) is 19.4 Å². The zero-order chi connectivity index (χ0) is 17.1. The summed E-state index contributed by atoms with van der Waals surface area (Å²) in [5.41, 5.74) is 3.17. The van der Waals surface area contributed by atoms with Crippen molar-refractivity contribution in [1.82, 2.24) is 14.8 Å². The molecule has 1 aliphatic rings. The molecule has 2 aromatic rings. The number of thiophene rings is 1. The van der Waals surface area contributed by atoms with Gasteiger partial charge >= 0.3 is 0 Å². The number of unbranched alkanes of at least 4 members (excludes halogenated alkanes) is 1. The number of carbonyl (C=O) groups is 1. The van der Waals surface area contributed by atoms with Gasteiger partial charge < -0.3 is 14.6 Å². The van der Waals surface area contributed by atoms with Gasteiger partial charge in [-0.2, -0.15) is 0 Å². The van der Waals surface area contributed by atoms with E-state index in [0.29, 0.717) is 5.69 Å². The van der Waals surface area contributed by atoms with Crippen LogP contribution in [0.2, 0.25) is 0 Å². The van der Waals surface area contributed by atoms with Gasteiger partial charge in [0, 0.05) is 43.7 Å². The summed E-state index contributed by atoms with van der Waals surface area (Å²) in [5, 5.41) is 0. The lowest BCUT2D eigenvalue weighted by molar-refractivity contribution is 0.0343. The van der Waals surface area contributed by atoms with E-state index in [1.165, 1.54) is 15.1 Å². The number of nitrogens with zero attached hydrogens (tertiary/aromatic N) is 2. The molecule has 0 radical (unpaired) electrons. The van der Waals surface area contributed by atoms with Crippen molar-refractivity contribution in [2.24, 2.45) is 0 Å². The van der Waals surface area contributed by atoms with Crippen LogP contribution in [0.4, 0.5) is 0 Å². The monoisotopic (exact) mass is 349 g/mol. The minimum absolute atomic E-state index is 0.0850. The van der Waals surface area contributed by atoms with Crippen LogP contribution >= 0.6 is 11.3 Å². The lowest BCUT2D eigenvalue weighted by Gasteiger charge is -2.26. The average molecular weight is 350 g/mol. The molecule has 6 heteroatoms. The third-order valence-corrected chi connectivity index (χ3v) is 5.78. The molecule has 0 spiro atoms. The number of H-pyrrole nitrogens is 1. The van der Waals surface area contributed by atoms with Gasteiger partial charge in [-0.15, -0.1) is 11.3 Å². The second-order valence-electron chi connectivity index (χ2n) is 6.53. The highest BCUT2D eigenvalue weighted by Crippen LogP contribution is 2.32. The summed E-state index contributed by atoms with van der Waals surface area (Å²) >= 11 is 1.78. The molecule has 1 fully saturated rings. The minimum atomic E-state index is 0.0850. The Morgan fingerprint density at radius 2 is 2.17 bits per heavy atom. The number of nitrogens with one attached hydrogen (secondary N) is 1. The summed E-state index contributed by atoms with van der Waals surface area (Å²) in [6, 6.07) is 2.01. The van der Waals surface area contributed by atoms with Gasteiger partial charge in [0.05, 0.1) is 23.4 Å². The molecule has 3 rings (SSSR count). The van der Waals surface area contributed by atoms with Crippen molar-refractivity contribution in [3.63, 3.8) is 0 Å². The minimum Gasteiger partial charge on any atom is -0.379 e. The third kappa shape index (κ3) is 3.66. The highest BCUT2D eigenvalue weighted by atomic mass is 32.1. The molecular formula is C18H27N3O2S. The zero-order valence-electron chi connectivity index (χ0n) is 14.9.